The van der Waals surface area contributed by atoms with Crippen LogP contribution in [0.15, 0.2) is 91.0 Å². The summed E-state index contributed by atoms with van der Waals surface area (Å²) in [6.45, 7) is 4.46. The van der Waals surface area contributed by atoms with E-state index in [1.807, 2.05) is 26.0 Å². The summed E-state index contributed by atoms with van der Waals surface area (Å²) >= 11 is 6.54. The molecule has 13 N–H and O–H groups in total. The molecule has 24 nitrogen and oxygen atoms in total. The third kappa shape index (κ3) is 13.8. The third-order valence-electron chi connectivity index (χ3n) is 14.7. The zero-order chi connectivity index (χ0) is 58.9. The maximum Gasteiger partial charge on any atom is 0.312 e. The maximum atomic E-state index is 14.5. The summed E-state index contributed by atoms with van der Waals surface area (Å²) in [6, 6.07) is 19.1. The highest BCUT2D eigenvalue weighted by Gasteiger charge is 2.47. The lowest BCUT2D eigenvalue weighted by Gasteiger charge is -2.38. The van der Waals surface area contributed by atoms with Crippen LogP contribution in [-0.4, -0.2) is 159 Å². The zero-order valence-electron chi connectivity index (χ0n) is 44.9. The van der Waals surface area contributed by atoms with Gasteiger partial charge in [-0.15, -0.1) is 11.6 Å². The third-order valence-corrected chi connectivity index (χ3v) is 15.1. The fourth-order valence-corrected chi connectivity index (χ4v) is 10.7. The van der Waals surface area contributed by atoms with Crippen molar-refractivity contribution in [3.8, 4) is 5.75 Å². The maximum absolute atomic E-state index is 14.5. The molecule has 0 radical (unpaired) electrons. The van der Waals surface area contributed by atoms with Crippen LogP contribution in [-0.2, 0) is 28.8 Å². The number of halogens is 1. The number of aliphatic hydroxyl groups is 3. The smallest absolute Gasteiger partial charge is 0.312 e. The van der Waals surface area contributed by atoms with Crippen molar-refractivity contribution in [2.45, 2.75) is 88.4 Å². The summed E-state index contributed by atoms with van der Waals surface area (Å²) in [6.07, 6.45) is -3.50. The average Bonchev–Trinajstić information content (AvgIpc) is 2.74. The first kappa shape index (κ1) is 59.7. The number of fused-ring (bicyclic) bond motifs is 4. The number of aromatic nitrogens is 1. The SMILES string of the molecule is CC(C)[C@H](NCCNC(=O)CCCN1C(=O)C=CC1=O)C(=O)N[C@@H](CCCNC(N)=O)C(=O)Nc1ccc(C(=O)Nc2ccc3[nH]c(C(=O)N4C[C@@H](CCl)c5c4cc(OC4C[C@H](C(=O)O)C(O)[C@H](O)C4O)c4ccccc54)cc3c2)cc1. The van der Waals surface area contributed by atoms with Gasteiger partial charge in [0, 0.05) is 109 Å². The monoisotopic (exact) mass is 1150 g/mol. The van der Waals surface area contributed by atoms with E-state index < -0.39 is 89.9 Å². The fourth-order valence-electron chi connectivity index (χ4n) is 10.4. The van der Waals surface area contributed by atoms with E-state index in [2.05, 4.69) is 36.9 Å². The second kappa shape index (κ2) is 26.4. The summed E-state index contributed by atoms with van der Waals surface area (Å²) in [5.41, 5.74) is 8.27. The molecule has 4 aromatic carbocycles. The number of carbonyl (C=O) groups excluding carboxylic acids is 8. The van der Waals surface area contributed by atoms with Gasteiger partial charge in [-0.05, 0) is 84.7 Å². The molecule has 1 saturated carbocycles. The number of H-pyrrole nitrogens is 1. The van der Waals surface area contributed by atoms with E-state index in [-0.39, 0.29) is 105 Å². The van der Waals surface area contributed by atoms with Crippen LogP contribution in [0.5, 0.6) is 5.75 Å². The molecule has 5 aromatic rings. The number of anilines is 3. The summed E-state index contributed by atoms with van der Waals surface area (Å²) < 4.78 is 6.28. The van der Waals surface area contributed by atoms with Crippen molar-refractivity contribution in [2.24, 2.45) is 17.6 Å². The van der Waals surface area contributed by atoms with Crippen LogP contribution in [0.4, 0.5) is 21.9 Å². The number of amides is 9. The van der Waals surface area contributed by atoms with Gasteiger partial charge in [0.1, 0.15) is 35.8 Å². The number of aliphatic carboxylic acids is 1. The Kier molecular flexibility index (Phi) is 19.3. The van der Waals surface area contributed by atoms with E-state index in [1.165, 1.54) is 36.4 Å². The van der Waals surface area contributed by atoms with Crippen molar-refractivity contribution in [1.29, 1.82) is 0 Å². The van der Waals surface area contributed by atoms with Crippen LogP contribution in [0.25, 0.3) is 21.7 Å². The number of nitrogens with one attached hydrogen (secondary N) is 7. The Balaban J connectivity index is 0.885. The lowest BCUT2D eigenvalue weighted by Crippen LogP contribution is -2.57. The minimum Gasteiger partial charge on any atom is -0.487 e. The van der Waals surface area contributed by atoms with Gasteiger partial charge >= 0.3 is 12.0 Å². The van der Waals surface area contributed by atoms with E-state index in [9.17, 15) is 63.6 Å². The molecule has 25 heteroatoms. The molecule has 1 aromatic heterocycles. The molecule has 3 unspecified atom stereocenters. The molecule has 8 atom stereocenters. The number of nitrogens with zero attached hydrogens (tertiary/aromatic N) is 2. The van der Waals surface area contributed by atoms with Gasteiger partial charge in [0.2, 0.25) is 17.7 Å². The Hall–Kier alpha value is -8.42. The molecule has 3 aliphatic rings. The Morgan fingerprint density at radius 2 is 1.51 bits per heavy atom. The molecule has 9 amide bonds. The zero-order valence-corrected chi connectivity index (χ0v) is 45.6. The number of imide groups is 1. The number of alkyl halides is 1. The van der Waals surface area contributed by atoms with Crippen molar-refractivity contribution < 1.29 is 68.3 Å². The van der Waals surface area contributed by atoms with Gasteiger partial charge in [0.25, 0.3) is 23.6 Å². The molecular weight excluding hydrogens is 1080 g/mol. The predicted octanol–water partition coefficient (Wildman–Crippen LogP) is 2.80. The second-order valence-corrected chi connectivity index (χ2v) is 21.0. The fraction of sp³-hybridized carbons (Fsp3) is 0.386. The average molecular weight is 1150 g/mol. The van der Waals surface area contributed by atoms with Crippen LogP contribution >= 0.6 is 11.6 Å². The second-order valence-electron chi connectivity index (χ2n) is 20.7. The number of rotatable bonds is 24. The molecule has 82 heavy (non-hydrogen) atoms. The molecule has 0 bridgehead atoms. The number of aromatic amines is 1. The van der Waals surface area contributed by atoms with Crippen molar-refractivity contribution in [3.05, 3.63) is 108 Å². The van der Waals surface area contributed by atoms with Crippen LogP contribution in [0.2, 0.25) is 0 Å². The Morgan fingerprint density at radius 1 is 0.805 bits per heavy atom. The van der Waals surface area contributed by atoms with E-state index >= 15 is 0 Å². The van der Waals surface area contributed by atoms with Gasteiger partial charge in [-0.1, -0.05) is 38.1 Å². The molecule has 0 saturated heterocycles. The quantitative estimate of drug-likeness (QED) is 0.0240. The molecule has 3 heterocycles. The Morgan fingerprint density at radius 3 is 2.20 bits per heavy atom. The van der Waals surface area contributed by atoms with Crippen LogP contribution in [0.3, 0.4) is 0 Å². The summed E-state index contributed by atoms with van der Waals surface area (Å²) in [4.78, 5) is 121. The molecule has 8 rings (SSSR count). The molecule has 1 fully saturated rings. The van der Waals surface area contributed by atoms with Crippen LogP contribution < -0.4 is 47.3 Å². The Bertz CT molecular complexity index is 3280. The predicted molar refractivity (Wildman–Crippen MR) is 302 cm³/mol. The molecule has 2 aliphatic heterocycles. The minimum atomic E-state index is -1.78. The Labute approximate surface area is 475 Å². The number of urea groups is 1. The van der Waals surface area contributed by atoms with E-state index in [0.717, 1.165) is 15.8 Å². The lowest BCUT2D eigenvalue weighted by molar-refractivity contribution is -0.174. The highest BCUT2D eigenvalue weighted by Crippen LogP contribution is 2.47. The van der Waals surface area contributed by atoms with Crippen molar-refractivity contribution in [3.63, 3.8) is 0 Å². The number of ether oxygens (including phenoxy) is 1. The molecular formula is C57H65ClN10O14. The van der Waals surface area contributed by atoms with E-state index in [4.69, 9.17) is 22.1 Å². The van der Waals surface area contributed by atoms with Gasteiger partial charge < -0.3 is 72.7 Å². The summed E-state index contributed by atoms with van der Waals surface area (Å²) in [7, 11) is 0. The number of hydrogen-bond donors (Lipinski definition) is 12. The van der Waals surface area contributed by atoms with Crippen molar-refractivity contribution >= 4 is 104 Å². The molecule has 0 spiro atoms. The number of primary amides is 1. The summed E-state index contributed by atoms with van der Waals surface area (Å²) in [5, 5.41) is 60.3. The first-order chi connectivity index (χ1) is 39.2. The van der Waals surface area contributed by atoms with Gasteiger partial charge in [0.05, 0.1) is 23.8 Å². The highest BCUT2D eigenvalue weighted by atomic mass is 35.5. The van der Waals surface area contributed by atoms with Crippen LogP contribution in [0, 0.1) is 11.8 Å². The normalized spacial score (nSPS) is 20.1. The number of hydrogen-bond acceptors (Lipinski definition) is 14. The number of carbonyl (C=O) groups is 9. The van der Waals surface area contributed by atoms with Gasteiger partial charge in [-0.3, -0.25) is 43.3 Å². The minimum absolute atomic E-state index is 0.0799. The van der Waals surface area contributed by atoms with Gasteiger partial charge in [0.15, 0.2) is 0 Å². The highest BCUT2D eigenvalue weighted by molar-refractivity contribution is 6.19. The molecule has 1 aliphatic carbocycles. The van der Waals surface area contributed by atoms with E-state index in [0.29, 0.717) is 33.4 Å². The van der Waals surface area contributed by atoms with Gasteiger partial charge in [-0.25, -0.2) is 4.79 Å². The van der Waals surface area contributed by atoms with Gasteiger partial charge in [-0.2, -0.15) is 0 Å². The number of nitrogens with two attached hydrogens (primary N) is 1. The standard InChI is InChI=1S/C57H65ClN10O14/c1-29(2)48(61-21-20-60-44(69)10-6-22-67-45(70)17-18-46(67)71)54(77)66-39(9-5-19-62-57(59)81)53(76)63-33-13-11-30(12-14-33)52(75)64-34-15-16-38-31(23-34)24-40(65-38)55(78)68-28-32(27-58)47-36-8-4-3-7-35(36)42(26-41(47)68)82-43-25-37(56(79)80)49(72)51(74)50(43)73/h3-4,7-8,11-18,23-24,26,29,32,37,39,43,48-51,61,65,72-74H,5-6,9-10,19-22,25,27-28H2,1-2H3,(H,60,69)(H,63,76)(H,64,75)(H,66,77)(H,79,80)(H3,59,62,81)/t32-,37+,39+,43?,48+,49?,50?,51+/m1/s1. The molecule has 434 valence electrons. The van der Waals surface area contributed by atoms with Crippen molar-refractivity contribution in [2.75, 3.05) is 54.1 Å². The largest absolute Gasteiger partial charge is 0.487 e. The first-order valence-corrected chi connectivity index (χ1v) is 27.4. The summed E-state index contributed by atoms with van der Waals surface area (Å²) in [5.74, 6) is -5.98. The van der Waals surface area contributed by atoms with Crippen LogP contribution in [0.1, 0.15) is 78.3 Å². The number of aliphatic hydroxyl groups excluding tert-OH is 3. The lowest BCUT2D eigenvalue weighted by atomic mass is 9.80. The van der Waals surface area contributed by atoms with E-state index in [1.54, 1.807) is 47.4 Å². The number of carboxylic acid groups (broad SMARTS) is 1. The topological polar surface area (TPSA) is 364 Å². The number of benzene rings is 4. The number of carboxylic acids is 1. The van der Waals surface area contributed by atoms with Crippen molar-refractivity contribution in [1.82, 2.24) is 31.2 Å². The first-order valence-electron chi connectivity index (χ1n) is 26.8.